The third kappa shape index (κ3) is 3.87. The van der Waals surface area contributed by atoms with Gasteiger partial charge in [-0.15, -0.1) is 0 Å². The van der Waals surface area contributed by atoms with Crippen molar-refractivity contribution in [1.29, 1.82) is 0 Å². The van der Waals surface area contributed by atoms with Crippen molar-refractivity contribution in [3.05, 3.63) is 59.6 Å². The first-order valence-corrected chi connectivity index (χ1v) is 9.04. The van der Waals surface area contributed by atoms with E-state index in [0.29, 0.717) is 16.4 Å². The van der Waals surface area contributed by atoms with Crippen LogP contribution >= 0.6 is 11.6 Å². The number of halogens is 3. The van der Waals surface area contributed by atoms with Crippen molar-refractivity contribution < 1.29 is 13.6 Å². The average Bonchev–Trinajstić information content (AvgIpc) is 3.17. The van der Waals surface area contributed by atoms with Gasteiger partial charge in [0.1, 0.15) is 11.0 Å². The Hall–Kier alpha value is -2.87. The minimum atomic E-state index is -3.00. The fourth-order valence-electron chi connectivity index (χ4n) is 3.34. The van der Waals surface area contributed by atoms with Crippen LogP contribution in [0.5, 0.6) is 0 Å². The predicted octanol–water partition coefficient (Wildman–Crippen LogP) is 3.75. The maximum atomic E-state index is 14.4. The fraction of sp³-hybridized carbons (Fsp3) is 0.263. The van der Waals surface area contributed by atoms with Crippen LogP contribution in [0.3, 0.4) is 0 Å². The van der Waals surface area contributed by atoms with Crippen LogP contribution in [0.1, 0.15) is 12.0 Å². The summed E-state index contributed by atoms with van der Waals surface area (Å²) in [6, 6.07) is 8.37. The van der Waals surface area contributed by atoms with Gasteiger partial charge in [0.25, 0.3) is 5.92 Å². The number of carbonyl (C=O) groups is 1. The molecular formula is C19H16ClF2N5O. The van der Waals surface area contributed by atoms with E-state index in [1.54, 1.807) is 42.7 Å². The highest BCUT2D eigenvalue weighted by molar-refractivity contribution is 6.29. The highest BCUT2D eigenvalue weighted by Crippen LogP contribution is 2.36. The molecule has 3 aromatic heterocycles. The Morgan fingerprint density at radius 3 is 2.75 bits per heavy atom. The monoisotopic (exact) mass is 403 g/mol. The molecule has 0 radical (unpaired) electrons. The van der Waals surface area contributed by atoms with E-state index in [-0.39, 0.29) is 18.1 Å². The van der Waals surface area contributed by atoms with Gasteiger partial charge in [0.2, 0.25) is 5.91 Å². The van der Waals surface area contributed by atoms with Crippen molar-refractivity contribution in [3.8, 4) is 11.3 Å². The molecule has 0 aliphatic carbocycles. The number of alkyl halides is 2. The lowest BCUT2D eigenvalue weighted by Crippen LogP contribution is -2.51. The number of amides is 1. The van der Waals surface area contributed by atoms with Gasteiger partial charge in [0, 0.05) is 42.6 Å². The van der Waals surface area contributed by atoms with E-state index in [0.717, 1.165) is 10.5 Å². The number of rotatable bonds is 4. The van der Waals surface area contributed by atoms with Crippen molar-refractivity contribution >= 4 is 23.3 Å². The number of nitrogens with zero attached hydrogens (tertiary/aromatic N) is 4. The van der Waals surface area contributed by atoms with Gasteiger partial charge >= 0.3 is 0 Å². The lowest BCUT2D eigenvalue weighted by molar-refractivity contribution is -0.132. The second-order valence-electron chi connectivity index (χ2n) is 6.75. The van der Waals surface area contributed by atoms with E-state index in [9.17, 15) is 13.6 Å². The molecule has 1 amide bonds. The second-order valence-corrected chi connectivity index (χ2v) is 7.14. The molecule has 0 spiro atoms. The van der Waals surface area contributed by atoms with E-state index in [1.165, 1.54) is 6.20 Å². The fourth-order valence-corrected chi connectivity index (χ4v) is 3.45. The topological polar surface area (TPSA) is 74.8 Å². The summed E-state index contributed by atoms with van der Waals surface area (Å²) in [6.07, 6.45) is 4.39. The number of aromatic amines is 1. The zero-order valence-electron chi connectivity index (χ0n) is 14.6. The van der Waals surface area contributed by atoms with E-state index in [1.807, 2.05) is 0 Å². The Balaban J connectivity index is 1.59. The van der Waals surface area contributed by atoms with Crippen LogP contribution in [0.2, 0.25) is 5.15 Å². The van der Waals surface area contributed by atoms with Crippen LogP contribution in [0.25, 0.3) is 11.3 Å². The Morgan fingerprint density at radius 1 is 1.25 bits per heavy atom. The van der Waals surface area contributed by atoms with Crippen molar-refractivity contribution in [3.63, 3.8) is 0 Å². The minimum absolute atomic E-state index is 0.167. The van der Waals surface area contributed by atoms with Gasteiger partial charge in [0.15, 0.2) is 0 Å². The molecule has 4 heterocycles. The summed E-state index contributed by atoms with van der Waals surface area (Å²) < 4.78 is 28.8. The van der Waals surface area contributed by atoms with Gasteiger partial charge in [-0.3, -0.25) is 19.8 Å². The molecule has 1 aliphatic heterocycles. The first-order chi connectivity index (χ1) is 13.4. The predicted molar refractivity (Wildman–Crippen MR) is 100 cm³/mol. The molecule has 3 aromatic rings. The number of anilines is 1. The molecule has 1 fully saturated rings. The molecular weight excluding hydrogens is 388 g/mol. The maximum absolute atomic E-state index is 14.4. The van der Waals surface area contributed by atoms with Gasteiger partial charge in [-0.05, 0) is 30.2 Å². The van der Waals surface area contributed by atoms with Crippen LogP contribution in [0.4, 0.5) is 14.6 Å². The van der Waals surface area contributed by atoms with Gasteiger partial charge in [-0.2, -0.15) is 5.10 Å². The molecule has 1 N–H and O–H groups in total. The normalized spacial score (nSPS) is 19.0. The number of aromatic nitrogens is 4. The summed E-state index contributed by atoms with van der Waals surface area (Å²) >= 11 is 5.76. The van der Waals surface area contributed by atoms with Crippen LogP contribution in [0.15, 0.2) is 48.9 Å². The smallest absolute Gasteiger partial charge is 0.266 e. The van der Waals surface area contributed by atoms with Crippen molar-refractivity contribution in [2.45, 2.75) is 18.8 Å². The molecule has 0 aromatic carbocycles. The molecule has 1 aliphatic rings. The molecule has 1 atom stereocenters. The quantitative estimate of drug-likeness (QED) is 0.673. The Bertz CT molecular complexity index is 978. The first-order valence-electron chi connectivity index (χ1n) is 8.67. The number of pyridine rings is 2. The van der Waals surface area contributed by atoms with Crippen molar-refractivity contribution in [1.82, 2.24) is 20.2 Å². The van der Waals surface area contributed by atoms with Crippen molar-refractivity contribution in [2.75, 3.05) is 11.4 Å². The summed E-state index contributed by atoms with van der Waals surface area (Å²) in [5.74, 6) is -3.99. The highest BCUT2D eigenvalue weighted by atomic mass is 35.5. The number of nitrogens with one attached hydrogen (secondary N) is 1. The molecule has 4 rings (SSSR count). The molecule has 0 saturated carbocycles. The number of H-pyrrole nitrogens is 1. The van der Waals surface area contributed by atoms with E-state index in [2.05, 4.69) is 20.2 Å². The van der Waals surface area contributed by atoms with E-state index in [4.69, 9.17) is 11.6 Å². The van der Waals surface area contributed by atoms with Gasteiger partial charge in [-0.1, -0.05) is 17.7 Å². The number of hydrogen-bond acceptors (Lipinski definition) is 4. The van der Waals surface area contributed by atoms with E-state index < -0.39 is 24.8 Å². The Labute approximate surface area is 164 Å². The molecule has 6 nitrogen and oxygen atoms in total. The SMILES string of the molecule is O=C1[C@@H](Cc2ccc(Cl)nc2)CC(F)(F)CN1c1cc(-c2ccncc2)n[nH]1. The van der Waals surface area contributed by atoms with Gasteiger partial charge < -0.3 is 0 Å². The third-order valence-electron chi connectivity index (χ3n) is 4.65. The van der Waals surface area contributed by atoms with Crippen molar-refractivity contribution in [2.24, 2.45) is 5.92 Å². The first kappa shape index (κ1) is 18.5. The summed E-state index contributed by atoms with van der Waals surface area (Å²) in [5, 5.41) is 7.16. The van der Waals surface area contributed by atoms with Crippen LogP contribution in [0, 0.1) is 5.92 Å². The molecule has 1 saturated heterocycles. The summed E-state index contributed by atoms with van der Waals surface area (Å²) in [4.78, 5) is 21.9. The molecule has 144 valence electrons. The average molecular weight is 404 g/mol. The van der Waals surface area contributed by atoms with Crippen LogP contribution < -0.4 is 4.90 Å². The van der Waals surface area contributed by atoms with Gasteiger partial charge in [0.05, 0.1) is 12.2 Å². The third-order valence-corrected chi connectivity index (χ3v) is 4.88. The highest BCUT2D eigenvalue weighted by Gasteiger charge is 2.46. The second kappa shape index (κ2) is 7.27. The maximum Gasteiger partial charge on any atom is 0.266 e. The molecule has 28 heavy (non-hydrogen) atoms. The summed E-state index contributed by atoms with van der Waals surface area (Å²) in [5.41, 5.74) is 2.01. The van der Waals surface area contributed by atoms with Crippen LogP contribution in [-0.4, -0.2) is 38.5 Å². The zero-order chi connectivity index (χ0) is 19.7. The lowest BCUT2D eigenvalue weighted by atomic mass is 9.89. The zero-order valence-corrected chi connectivity index (χ0v) is 15.4. The molecule has 9 heteroatoms. The minimum Gasteiger partial charge on any atom is -0.291 e. The molecule has 0 unspecified atom stereocenters. The Kier molecular flexibility index (Phi) is 4.80. The standard InChI is InChI=1S/C19H16ClF2N5O/c20-16-2-1-12(10-24-16)7-14-9-19(21,22)11-27(18(14)28)17-8-15(25-26-17)13-3-5-23-6-4-13/h1-6,8,10,14H,7,9,11H2,(H,25,26)/t14-/m0/s1. The van der Waals surface area contributed by atoms with Crippen LogP contribution in [-0.2, 0) is 11.2 Å². The van der Waals surface area contributed by atoms with Gasteiger partial charge in [-0.25, -0.2) is 13.8 Å². The number of hydrogen-bond donors (Lipinski definition) is 1. The largest absolute Gasteiger partial charge is 0.291 e. The molecule has 0 bridgehead atoms. The number of carbonyl (C=O) groups excluding carboxylic acids is 1. The van der Waals surface area contributed by atoms with E-state index >= 15 is 0 Å². The lowest BCUT2D eigenvalue weighted by Gasteiger charge is -2.36. The number of piperidine rings is 1. The summed E-state index contributed by atoms with van der Waals surface area (Å²) in [7, 11) is 0. The summed E-state index contributed by atoms with van der Waals surface area (Å²) in [6.45, 7) is -0.681. The Morgan fingerprint density at radius 2 is 2.04 bits per heavy atom.